The van der Waals surface area contributed by atoms with E-state index in [1.165, 1.54) is 32.1 Å². The number of rotatable bonds is 0. The molecule has 0 heterocycles. The van der Waals surface area contributed by atoms with Gasteiger partial charge >= 0.3 is 0 Å². The van der Waals surface area contributed by atoms with Crippen molar-refractivity contribution >= 4 is 5.78 Å². The van der Waals surface area contributed by atoms with Gasteiger partial charge in [0.25, 0.3) is 0 Å². The predicted octanol–water partition coefficient (Wildman–Crippen LogP) is 2.94. The molecule has 0 radical (unpaired) electrons. The van der Waals surface area contributed by atoms with Crippen LogP contribution in [0.15, 0.2) is 0 Å². The minimum Gasteiger partial charge on any atom is -0.299 e. The van der Waals surface area contributed by atoms with E-state index < -0.39 is 0 Å². The molecule has 68 valence electrons. The Labute approximate surface area is 74.5 Å². The highest BCUT2D eigenvalue weighted by Gasteiger charge is 2.47. The SMILES string of the molecule is CC1CCC(=O)C12CCCCC2. The fraction of sp³-hybridized carbons (Fsp3) is 0.909. The normalized spacial score (nSPS) is 34.4. The summed E-state index contributed by atoms with van der Waals surface area (Å²) in [6, 6.07) is 0. The molecule has 1 spiro atoms. The minimum absolute atomic E-state index is 0.151. The fourth-order valence-electron chi connectivity index (χ4n) is 3.10. The van der Waals surface area contributed by atoms with E-state index >= 15 is 0 Å². The van der Waals surface area contributed by atoms with Crippen LogP contribution in [0.25, 0.3) is 0 Å². The van der Waals surface area contributed by atoms with Gasteiger partial charge in [-0.05, 0) is 25.2 Å². The van der Waals surface area contributed by atoms with Crippen molar-refractivity contribution in [1.29, 1.82) is 0 Å². The van der Waals surface area contributed by atoms with Crippen molar-refractivity contribution in [3.8, 4) is 0 Å². The van der Waals surface area contributed by atoms with Crippen molar-refractivity contribution in [3.05, 3.63) is 0 Å². The molecule has 2 aliphatic rings. The summed E-state index contributed by atoms with van der Waals surface area (Å²) in [5.41, 5.74) is 0.151. The molecule has 1 unspecified atom stereocenters. The van der Waals surface area contributed by atoms with E-state index in [2.05, 4.69) is 6.92 Å². The molecule has 0 aromatic carbocycles. The maximum absolute atomic E-state index is 11.8. The monoisotopic (exact) mass is 166 g/mol. The van der Waals surface area contributed by atoms with Gasteiger partial charge in [-0.2, -0.15) is 0 Å². The average Bonchev–Trinajstić information content (AvgIpc) is 2.36. The Morgan fingerprint density at radius 2 is 1.92 bits per heavy atom. The van der Waals surface area contributed by atoms with Gasteiger partial charge in [0.15, 0.2) is 0 Å². The summed E-state index contributed by atoms with van der Waals surface area (Å²) in [4.78, 5) is 11.8. The average molecular weight is 166 g/mol. The third kappa shape index (κ3) is 1.02. The number of carbonyl (C=O) groups excluding carboxylic acids is 1. The molecule has 1 heteroatoms. The van der Waals surface area contributed by atoms with E-state index in [1.807, 2.05) is 0 Å². The predicted molar refractivity (Wildman–Crippen MR) is 48.9 cm³/mol. The summed E-state index contributed by atoms with van der Waals surface area (Å²) in [6.07, 6.45) is 8.31. The van der Waals surface area contributed by atoms with Crippen molar-refractivity contribution in [2.24, 2.45) is 11.3 Å². The third-order valence-electron chi connectivity index (χ3n) is 4.05. The van der Waals surface area contributed by atoms with E-state index in [9.17, 15) is 4.79 Å². The molecule has 0 aliphatic heterocycles. The first-order valence-electron chi connectivity index (χ1n) is 5.29. The van der Waals surface area contributed by atoms with Crippen molar-refractivity contribution in [3.63, 3.8) is 0 Å². The lowest BCUT2D eigenvalue weighted by atomic mass is 9.67. The molecule has 2 rings (SSSR count). The van der Waals surface area contributed by atoms with Crippen LogP contribution in [0.1, 0.15) is 51.9 Å². The molecule has 0 amide bonds. The molecule has 0 saturated heterocycles. The molecule has 12 heavy (non-hydrogen) atoms. The lowest BCUT2D eigenvalue weighted by Gasteiger charge is -2.35. The van der Waals surface area contributed by atoms with Gasteiger partial charge in [-0.15, -0.1) is 0 Å². The van der Waals surface area contributed by atoms with Crippen molar-refractivity contribution in [2.45, 2.75) is 51.9 Å². The Kier molecular flexibility index (Phi) is 1.97. The van der Waals surface area contributed by atoms with Gasteiger partial charge in [-0.1, -0.05) is 26.2 Å². The van der Waals surface area contributed by atoms with E-state index in [1.54, 1.807) is 0 Å². The quantitative estimate of drug-likeness (QED) is 0.540. The summed E-state index contributed by atoms with van der Waals surface area (Å²) < 4.78 is 0. The largest absolute Gasteiger partial charge is 0.299 e. The first-order valence-corrected chi connectivity index (χ1v) is 5.29. The number of hydrogen-bond acceptors (Lipinski definition) is 1. The van der Waals surface area contributed by atoms with Crippen LogP contribution in [0, 0.1) is 11.3 Å². The maximum atomic E-state index is 11.8. The van der Waals surface area contributed by atoms with Gasteiger partial charge in [-0.3, -0.25) is 4.79 Å². The van der Waals surface area contributed by atoms with Gasteiger partial charge in [0.1, 0.15) is 5.78 Å². The Morgan fingerprint density at radius 3 is 2.42 bits per heavy atom. The van der Waals surface area contributed by atoms with Crippen LogP contribution in [0.3, 0.4) is 0 Å². The molecular weight excluding hydrogens is 148 g/mol. The van der Waals surface area contributed by atoms with Gasteiger partial charge in [0.2, 0.25) is 0 Å². The summed E-state index contributed by atoms with van der Waals surface area (Å²) in [7, 11) is 0. The lowest BCUT2D eigenvalue weighted by molar-refractivity contribution is -0.128. The van der Waals surface area contributed by atoms with Crippen LogP contribution in [-0.2, 0) is 4.79 Å². The number of hydrogen-bond donors (Lipinski definition) is 0. The second kappa shape index (κ2) is 2.86. The van der Waals surface area contributed by atoms with Crippen molar-refractivity contribution < 1.29 is 4.79 Å². The number of Topliss-reactive ketones (excluding diaryl/α,β-unsaturated/α-hetero) is 1. The van der Waals surface area contributed by atoms with Gasteiger partial charge in [0.05, 0.1) is 0 Å². The Hall–Kier alpha value is -0.330. The van der Waals surface area contributed by atoms with E-state index in [-0.39, 0.29) is 5.41 Å². The van der Waals surface area contributed by atoms with Crippen LogP contribution in [0.5, 0.6) is 0 Å². The summed E-state index contributed by atoms with van der Waals surface area (Å²) in [5, 5.41) is 0. The van der Waals surface area contributed by atoms with Crippen molar-refractivity contribution in [1.82, 2.24) is 0 Å². The molecule has 0 bridgehead atoms. The third-order valence-corrected chi connectivity index (χ3v) is 4.05. The lowest BCUT2D eigenvalue weighted by Crippen LogP contribution is -2.33. The minimum atomic E-state index is 0.151. The standard InChI is InChI=1S/C11H18O/c1-9-5-6-10(12)11(9)7-3-2-4-8-11/h9H,2-8H2,1H3. The Morgan fingerprint density at radius 1 is 1.25 bits per heavy atom. The molecular formula is C11H18O. The highest BCUT2D eigenvalue weighted by atomic mass is 16.1. The molecule has 2 saturated carbocycles. The summed E-state index contributed by atoms with van der Waals surface area (Å²) in [5.74, 6) is 1.25. The van der Waals surface area contributed by atoms with E-state index in [4.69, 9.17) is 0 Å². The van der Waals surface area contributed by atoms with E-state index in [0.717, 1.165) is 12.8 Å². The van der Waals surface area contributed by atoms with Crippen LogP contribution in [0.2, 0.25) is 0 Å². The first kappa shape index (κ1) is 8.28. The number of carbonyl (C=O) groups is 1. The first-order chi connectivity index (χ1) is 5.76. The molecule has 0 aromatic heterocycles. The molecule has 0 N–H and O–H groups in total. The summed E-state index contributed by atoms with van der Waals surface area (Å²) >= 11 is 0. The second-order valence-electron chi connectivity index (χ2n) is 4.58. The second-order valence-corrected chi connectivity index (χ2v) is 4.58. The molecule has 1 nitrogen and oxygen atoms in total. The van der Waals surface area contributed by atoms with Crippen molar-refractivity contribution in [2.75, 3.05) is 0 Å². The maximum Gasteiger partial charge on any atom is 0.139 e. The smallest absolute Gasteiger partial charge is 0.139 e. The Balaban J connectivity index is 2.20. The molecule has 2 aliphatic carbocycles. The number of ketones is 1. The highest BCUT2D eigenvalue weighted by molar-refractivity contribution is 5.87. The van der Waals surface area contributed by atoms with Gasteiger partial charge < -0.3 is 0 Å². The topological polar surface area (TPSA) is 17.1 Å². The van der Waals surface area contributed by atoms with Gasteiger partial charge in [-0.25, -0.2) is 0 Å². The van der Waals surface area contributed by atoms with E-state index in [0.29, 0.717) is 11.7 Å². The van der Waals surface area contributed by atoms with Crippen LogP contribution < -0.4 is 0 Å². The van der Waals surface area contributed by atoms with Crippen LogP contribution in [0.4, 0.5) is 0 Å². The zero-order chi connectivity index (χ0) is 8.60. The van der Waals surface area contributed by atoms with Gasteiger partial charge in [0, 0.05) is 11.8 Å². The van der Waals surface area contributed by atoms with Crippen LogP contribution >= 0.6 is 0 Å². The zero-order valence-corrected chi connectivity index (χ0v) is 7.94. The molecule has 1 atom stereocenters. The highest BCUT2D eigenvalue weighted by Crippen LogP contribution is 2.50. The van der Waals surface area contributed by atoms with Crippen LogP contribution in [-0.4, -0.2) is 5.78 Å². The zero-order valence-electron chi connectivity index (χ0n) is 7.94. The Bertz CT molecular complexity index is 189. The molecule has 2 fully saturated rings. The molecule has 0 aromatic rings. The fourth-order valence-corrected chi connectivity index (χ4v) is 3.10. The summed E-state index contributed by atoms with van der Waals surface area (Å²) in [6.45, 7) is 2.27.